The number of carbonyl (C=O) groups is 2. The minimum absolute atomic E-state index is 0.122. The molecule has 35 heavy (non-hydrogen) atoms. The Morgan fingerprint density at radius 1 is 0.743 bits per heavy atom. The maximum absolute atomic E-state index is 13.5. The fourth-order valence-electron chi connectivity index (χ4n) is 3.82. The van der Waals surface area contributed by atoms with Gasteiger partial charge in [0.1, 0.15) is 5.82 Å². The molecule has 4 aromatic rings. The number of nitrogens with zero attached hydrogens (tertiary/aromatic N) is 1. The fourth-order valence-corrected chi connectivity index (χ4v) is 3.82. The number of hydrogen-bond acceptors (Lipinski definition) is 3. The van der Waals surface area contributed by atoms with E-state index in [1.807, 2.05) is 60.7 Å². The fraction of sp³-hybridized carbons (Fsp3) is 0.103. The molecule has 0 radical (unpaired) electrons. The van der Waals surface area contributed by atoms with Gasteiger partial charge in [0.2, 0.25) is 0 Å². The first kappa shape index (κ1) is 23.9. The Bertz CT molecular complexity index is 1310. The lowest BCUT2D eigenvalue weighted by molar-refractivity contribution is 0.0730. The standard InChI is InChI=1S/C29H26FN3O2/c30-26-15-13-23(14-16-26)28(34)32-27-12-5-4-11-25(27)20-33(29(35)24-9-2-1-3-10-24)19-22-8-6-7-21(17-22)18-31/h1-17H,18-20,31H2,(H,32,34). The van der Waals surface area contributed by atoms with Crippen LogP contribution >= 0.6 is 0 Å². The third kappa shape index (κ3) is 6.19. The highest BCUT2D eigenvalue weighted by Gasteiger charge is 2.19. The summed E-state index contributed by atoms with van der Waals surface area (Å²) in [4.78, 5) is 28.0. The van der Waals surface area contributed by atoms with Gasteiger partial charge in [0, 0.05) is 36.4 Å². The molecule has 0 bridgehead atoms. The van der Waals surface area contributed by atoms with E-state index in [4.69, 9.17) is 5.73 Å². The van der Waals surface area contributed by atoms with Gasteiger partial charge in [0.05, 0.1) is 0 Å². The molecule has 0 unspecified atom stereocenters. The second kappa shape index (κ2) is 11.2. The van der Waals surface area contributed by atoms with Crippen LogP contribution in [0.25, 0.3) is 0 Å². The summed E-state index contributed by atoms with van der Waals surface area (Å²) in [5, 5.41) is 2.90. The Hall–Kier alpha value is -4.29. The van der Waals surface area contributed by atoms with Crippen molar-refractivity contribution in [1.29, 1.82) is 0 Å². The van der Waals surface area contributed by atoms with E-state index in [2.05, 4.69) is 5.32 Å². The van der Waals surface area contributed by atoms with E-state index in [-0.39, 0.29) is 18.4 Å². The van der Waals surface area contributed by atoms with Crippen molar-refractivity contribution >= 4 is 17.5 Å². The van der Waals surface area contributed by atoms with Gasteiger partial charge in [-0.3, -0.25) is 9.59 Å². The molecular formula is C29H26FN3O2. The smallest absolute Gasteiger partial charge is 0.255 e. The lowest BCUT2D eigenvalue weighted by Gasteiger charge is -2.25. The van der Waals surface area contributed by atoms with Gasteiger partial charge in [-0.25, -0.2) is 4.39 Å². The molecule has 0 fully saturated rings. The Labute approximate surface area is 204 Å². The first-order valence-corrected chi connectivity index (χ1v) is 11.3. The van der Waals surface area contributed by atoms with Gasteiger partial charge in [-0.15, -0.1) is 0 Å². The minimum atomic E-state index is -0.407. The van der Waals surface area contributed by atoms with Crippen molar-refractivity contribution in [3.63, 3.8) is 0 Å². The maximum Gasteiger partial charge on any atom is 0.255 e. The van der Waals surface area contributed by atoms with Crippen LogP contribution in [0.1, 0.15) is 37.4 Å². The monoisotopic (exact) mass is 467 g/mol. The van der Waals surface area contributed by atoms with Crippen LogP contribution in [0.5, 0.6) is 0 Å². The van der Waals surface area contributed by atoms with Crippen molar-refractivity contribution in [2.45, 2.75) is 19.6 Å². The van der Waals surface area contributed by atoms with Crippen molar-refractivity contribution in [2.24, 2.45) is 5.73 Å². The highest BCUT2D eigenvalue weighted by Crippen LogP contribution is 2.22. The maximum atomic E-state index is 13.5. The molecule has 0 aromatic heterocycles. The molecule has 6 heteroatoms. The molecule has 2 amide bonds. The quantitative estimate of drug-likeness (QED) is 0.365. The summed E-state index contributed by atoms with van der Waals surface area (Å²) in [7, 11) is 0. The molecular weight excluding hydrogens is 441 g/mol. The van der Waals surface area contributed by atoms with Crippen LogP contribution < -0.4 is 11.1 Å². The van der Waals surface area contributed by atoms with Crippen LogP contribution in [-0.4, -0.2) is 16.7 Å². The molecule has 0 saturated carbocycles. The number of nitrogens with one attached hydrogen (secondary N) is 1. The molecule has 3 N–H and O–H groups in total. The predicted molar refractivity (Wildman–Crippen MR) is 135 cm³/mol. The van der Waals surface area contributed by atoms with Gasteiger partial charge in [-0.1, -0.05) is 60.7 Å². The zero-order valence-electron chi connectivity index (χ0n) is 19.2. The first-order valence-electron chi connectivity index (χ1n) is 11.3. The predicted octanol–water partition coefficient (Wildman–Crippen LogP) is 5.38. The number of amides is 2. The summed E-state index contributed by atoms with van der Waals surface area (Å²) in [6.45, 7) is 1.07. The van der Waals surface area contributed by atoms with Crippen LogP contribution in [0.3, 0.4) is 0 Å². The summed E-state index contributed by atoms with van der Waals surface area (Å²) < 4.78 is 13.3. The molecule has 0 saturated heterocycles. The number of para-hydroxylation sites is 1. The average molecular weight is 468 g/mol. The van der Waals surface area contributed by atoms with Crippen LogP contribution in [0.15, 0.2) is 103 Å². The van der Waals surface area contributed by atoms with E-state index >= 15 is 0 Å². The molecule has 4 rings (SSSR count). The molecule has 176 valence electrons. The lowest BCUT2D eigenvalue weighted by atomic mass is 10.1. The van der Waals surface area contributed by atoms with Gasteiger partial charge in [0.15, 0.2) is 0 Å². The largest absolute Gasteiger partial charge is 0.330 e. The number of anilines is 1. The van der Waals surface area contributed by atoms with E-state index in [0.717, 1.165) is 16.7 Å². The number of benzene rings is 4. The summed E-state index contributed by atoms with van der Waals surface area (Å²) in [5.41, 5.74) is 10.0. The first-order chi connectivity index (χ1) is 17.0. The summed E-state index contributed by atoms with van der Waals surface area (Å²) in [6, 6.07) is 29.6. The molecule has 0 aliphatic heterocycles. The molecule has 0 aliphatic rings. The highest BCUT2D eigenvalue weighted by atomic mass is 19.1. The van der Waals surface area contributed by atoms with Crippen LogP contribution in [0.4, 0.5) is 10.1 Å². The van der Waals surface area contributed by atoms with E-state index < -0.39 is 5.82 Å². The second-order valence-electron chi connectivity index (χ2n) is 8.17. The SMILES string of the molecule is NCc1cccc(CN(Cc2ccccc2NC(=O)c2ccc(F)cc2)C(=O)c2ccccc2)c1. The minimum Gasteiger partial charge on any atom is -0.330 e. The number of nitrogens with two attached hydrogens (primary N) is 1. The lowest BCUT2D eigenvalue weighted by Crippen LogP contribution is -2.30. The normalized spacial score (nSPS) is 10.6. The Morgan fingerprint density at radius 3 is 2.17 bits per heavy atom. The van der Waals surface area contributed by atoms with Gasteiger partial charge >= 0.3 is 0 Å². The van der Waals surface area contributed by atoms with Gasteiger partial charge in [-0.05, 0) is 59.2 Å². The Morgan fingerprint density at radius 2 is 1.43 bits per heavy atom. The zero-order chi connectivity index (χ0) is 24.6. The molecule has 0 spiro atoms. The average Bonchev–Trinajstić information content (AvgIpc) is 2.90. The van der Waals surface area contributed by atoms with Crippen molar-refractivity contribution in [3.8, 4) is 0 Å². The molecule has 5 nitrogen and oxygen atoms in total. The number of halogens is 1. The molecule has 0 aliphatic carbocycles. The van der Waals surface area contributed by atoms with Gasteiger partial charge in [0.25, 0.3) is 11.8 Å². The van der Waals surface area contributed by atoms with Gasteiger partial charge < -0.3 is 16.0 Å². The van der Waals surface area contributed by atoms with Crippen LogP contribution in [0.2, 0.25) is 0 Å². The van der Waals surface area contributed by atoms with E-state index in [9.17, 15) is 14.0 Å². The molecule has 0 atom stereocenters. The van der Waals surface area contributed by atoms with Crippen LogP contribution in [0, 0.1) is 5.82 Å². The van der Waals surface area contributed by atoms with Crippen molar-refractivity contribution in [3.05, 3.63) is 137 Å². The van der Waals surface area contributed by atoms with Crippen molar-refractivity contribution in [2.75, 3.05) is 5.32 Å². The summed E-state index contributed by atoms with van der Waals surface area (Å²) >= 11 is 0. The topological polar surface area (TPSA) is 75.4 Å². The zero-order valence-corrected chi connectivity index (χ0v) is 19.2. The summed E-state index contributed by atoms with van der Waals surface area (Å²) in [5.74, 6) is -0.881. The van der Waals surface area contributed by atoms with Crippen LogP contribution in [-0.2, 0) is 19.6 Å². The third-order valence-electron chi connectivity index (χ3n) is 5.64. The highest BCUT2D eigenvalue weighted by molar-refractivity contribution is 6.04. The number of hydrogen-bond donors (Lipinski definition) is 2. The third-order valence-corrected chi connectivity index (χ3v) is 5.64. The molecule has 4 aromatic carbocycles. The van der Waals surface area contributed by atoms with Crippen molar-refractivity contribution in [1.82, 2.24) is 4.90 Å². The Kier molecular flexibility index (Phi) is 7.65. The molecule has 0 heterocycles. The number of rotatable bonds is 8. The number of carbonyl (C=O) groups excluding carboxylic acids is 2. The van der Waals surface area contributed by atoms with E-state index in [1.165, 1.54) is 24.3 Å². The summed E-state index contributed by atoms with van der Waals surface area (Å²) in [6.07, 6.45) is 0. The Balaban J connectivity index is 1.61. The van der Waals surface area contributed by atoms with Gasteiger partial charge in [-0.2, -0.15) is 0 Å². The second-order valence-corrected chi connectivity index (χ2v) is 8.17. The van der Waals surface area contributed by atoms with Crippen molar-refractivity contribution < 1.29 is 14.0 Å². The van der Waals surface area contributed by atoms with E-state index in [1.54, 1.807) is 23.1 Å². The van der Waals surface area contributed by atoms with E-state index in [0.29, 0.717) is 29.9 Å².